The third-order valence-corrected chi connectivity index (χ3v) is 3.27. The molecular weight excluding hydrogens is 226 g/mol. The smallest absolute Gasteiger partial charge is 0.243 e. The fraction of sp³-hybridized carbons (Fsp3) is 0.846. The van der Waals surface area contributed by atoms with E-state index in [0.29, 0.717) is 11.9 Å². The number of aromatic nitrogens is 3. The number of rotatable bonds is 4. The van der Waals surface area contributed by atoms with Crippen molar-refractivity contribution in [1.82, 2.24) is 14.8 Å². The van der Waals surface area contributed by atoms with Crippen LogP contribution in [0.1, 0.15) is 52.9 Å². The fourth-order valence-electron chi connectivity index (χ4n) is 2.29. The molecule has 0 amide bonds. The van der Waals surface area contributed by atoms with E-state index < -0.39 is 0 Å². The molecule has 5 heteroatoms. The lowest BCUT2D eigenvalue weighted by atomic mass is 9.89. The minimum absolute atomic E-state index is 0.494. The van der Waals surface area contributed by atoms with E-state index in [1.807, 2.05) is 20.8 Å². The Morgan fingerprint density at radius 3 is 2.50 bits per heavy atom. The summed E-state index contributed by atoms with van der Waals surface area (Å²) in [6.07, 6.45) is 6.79. The van der Waals surface area contributed by atoms with Gasteiger partial charge in [0, 0.05) is 13.1 Å². The van der Waals surface area contributed by atoms with E-state index >= 15 is 0 Å². The highest BCUT2D eigenvalue weighted by molar-refractivity contribution is 5.31. The second kappa shape index (κ2) is 7.95. The summed E-state index contributed by atoms with van der Waals surface area (Å²) in [4.78, 5) is 4.18. The van der Waals surface area contributed by atoms with Crippen LogP contribution in [0.4, 0.5) is 11.9 Å². The van der Waals surface area contributed by atoms with E-state index in [1.165, 1.54) is 32.1 Å². The second-order valence-electron chi connectivity index (χ2n) is 4.49. The average molecular weight is 253 g/mol. The van der Waals surface area contributed by atoms with Crippen LogP contribution in [0.2, 0.25) is 0 Å². The Morgan fingerprint density at radius 2 is 1.94 bits per heavy atom. The number of hydrogen-bond donors (Lipinski definition) is 2. The van der Waals surface area contributed by atoms with Crippen molar-refractivity contribution < 1.29 is 0 Å². The van der Waals surface area contributed by atoms with Crippen LogP contribution in [0, 0.1) is 5.92 Å². The molecule has 104 valence electrons. The molecular formula is C13H27N5. The molecule has 1 aliphatic rings. The van der Waals surface area contributed by atoms with Gasteiger partial charge in [-0.05, 0) is 25.7 Å². The van der Waals surface area contributed by atoms with Gasteiger partial charge in [0.1, 0.15) is 0 Å². The maximum absolute atomic E-state index is 5.71. The normalized spacial score (nSPS) is 15.9. The van der Waals surface area contributed by atoms with Crippen molar-refractivity contribution in [3.63, 3.8) is 0 Å². The summed E-state index contributed by atoms with van der Waals surface area (Å²) in [5.74, 6) is 1.95. The van der Waals surface area contributed by atoms with Crippen molar-refractivity contribution in [3.05, 3.63) is 0 Å². The highest BCUT2D eigenvalue weighted by Crippen LogP contribution is 2.23. The van der Waals surface area contributed by atoms with Crippen LogP contribution in [0.3, 0.4) is 0 Å². The predicted octanol–water partition coefficient (Wildman–Crippen LogP) is 2.90. The van der Waals surface area contributed by atoms with Gasteiger partial charge in [-0.3, -0.25) is 0 Å². The molecule has 3 N–H and O–H groups in total. The molecule has 0 saturated heterocycles. The molecule has 0 bridgehead atoms. The molecule has 0 radical (unpaired) electrons. The zero-order chi connectivity index (χ0) is 13.4. The summed E-state index contributed by atoms with van der Waals surface area (Å²) in [5, 5.41) is 7.57. The molecule has 0 atom stereocenters. The van der Waals surface area contributed by atoms with E-state index in [1.54, 1.807) is 4.68 Å². The molecule has 1 aliphatic carbocycles. The lowest BCUT2D eigenvalue weighted by Crippen LogP contribution is -2.17. The summed E-state index contributed by atoms with van der Waals surface area (Å²) < 4.78 is 1.71. The first-order valence-electron chi connectivity index (χ1n) is 7.23. The summed E-state index contributed by atoms with van der Waals surface area (Å²) in [6.45, 7) is 7.76. The first-order valence-corrected chi connectivity index (χ1v) is 7.23. The Labute approximate surface area is 110 Å². The van der Waals surface area contributed by atoms with Crippen LogP contribution in [-0.4, -0.2) is 21.3 Å². The zero-order valence-electron chi connectivity index (χ0n) is 11.9. The highest BCUT2D eigenvalue weighted by atomic mass is 15.4. The molecule has 1 aromatic heterocycles. The van der Waals surface area contributed by atoms with Gasteiger partial charge >= 0.3 is 0 Å². The maximum Gasteiger partial charge on any atom is 0.243 e. The topological polar surface area (TPSA) is 68.8 Å². The van der Waals surface area contributed by atoms with Crippen molar-refractivity contribution in [2.45, 2.75) is 59.4 Å². The Bertz CT molecular complexity index is 328. The highest BCUT2D eigenvalue weighted by Gasteiger charge is 2.14. The molecule has 0 spiro atoms. The summed E-state index contributed by atoms with van der Waals surface area (Å²) >= 11 is 0. The lowest BCUT2D eigenvalue weighted by Gasteiger charge is -2.21. The van der Waals surface area contributed by atoms with Crippen LogP contribution in [0.5, 0.6) is 0 Å². The minimum atomic E-state index is 0.494. The SMILES string of the molecule is CC.CCn1nc(NCC2CCCCC2)nc1N. The standard InChI is InChI=1S/C11H21N5.C2H6/c1-2-16-10(12)14-11(15-16)13-8-9-6-4-3-5-7-9;1-2/h9H,2-8H2,1H3,(H3,12,13,14,15);1-2H3. The van der Waals surface area contributed by atoms with Gasteiger partial charge in [0.25, 0.3) is 0 Å². The monoisotopic (exact) mass is 253 g/mol. The third-order valence-electron chi connectivity index (χ3n) is 3.27. The van der Waals surface area contributed by atoms with Crippen molar-refractivity contribution in [3.8, 4) is 0 Å². The Kier molecular flexibility index (Phi) is 6.54. The number of nitrogens with one attached hydrogen (secondary N) is 1. The molecule has 0 unspecified atom stereocenters. The molecule has 0 aromatic carbocycles. The average Bonchev–Trinajstić information content (AvgIpc) is 2.80. The molecule has 1 fully saturated rings. The van der Waals surface area contributed by atoms with E-state index in [-0.39, 0.29) is 0 Å². The summed E-state index contributed by atoms with van der Waals surface area (Å²) in [7, 11) is 0. The van der Waals surface area contributed by atoms with E-state index in [0.717, 1.165) is 19.0 Å². The Morgan fingerprint density at radius 1 is 1.28 bits per heavy atom. The Hall–Kier alpha value is -1.26. The van der Waals surface area contributed by atoms with Gasteiger partial charge in [-0.2, -0.15) is 4.98 Å². The number of nitrogen functional groups attached to an aromatic ring is 1. The minimum Gasteiger partial charge on any atom is -0.368 e. The quantitative estimate of drug-likeness (QED) is 0.865. The largest absolute Gasteiger partial charge is 0.368 e. The van der Waals surface area contributed by atoms with E-state index in [2.05, 4.69) is 15.4 Å². The van der Waals surface area contributed by atoms with Gasteiger partial charge in [-0.25, -0.2) is 4.68 Å². The van der Waals surface area contributed by atoms with Gasteiger partial charge in [-0.15, -0.1) is 5.10 Å². The van der Waals surface area contributed by atoms with Crippen LogP contribution < -0.4 is 11.1 Å². The number of aryl methyl sites for hydroxylation is 1. The molecule has 2 rings (SSSR count). The lowest BCUT2D eigenvalue weighted by molar-refractivity contribution is 0.373. The maximum atomic E-state index is 5.71. The zero-order valence-corrected chi connectivity index (χ0v) is 11.9. The summed E-state index contributed by atoms with van der Waals surface area (Å²) in [6, 6.07) is 0. The third kappa shape index (κ3) is 4.20. The first kappa shape index (κ1) is 14.8. The fourth-order valence-corrected chi connectivity index (χ4v) is 2.29. The molecule has 1 aromatic rings. The molecule has 0 aliphatic heterocycles. The molecule has 1 heterocycles. The van der Waals surface area contributed by atoms with Gasteiger partial charge < -0.3 is 11.1 Å². The second-order valence-corrected chi connectivity index (χ2v) is 4.49. The van der Waals surface area contributed by atoms with Crippen molar-refractivity contribution in [2.75, 3.05) is 17.6 Å². The van der Waals surface area contributed by atoms with Gasteiger partial charge in [0.15, 0.2) is 0 Å². The Balaban J connectivity index is 0.000000771. The van der Waals surface area contributed by atoms with E-state index in [9.17, 15) is 0 Å². The number of nitrogens with zero attached hydrogens (tertiary/aromatic N) is 3. The van der Waals surface area contributed by atoms with Crippen molar-refractivity contribution in [1.29, 1.82) is 0 Å². The van der Waals surface area contributed by atoms with Gasteiger partial charge in [0.05, 0.1) is 0 Å². The van der Waals surface area contributed by atoms with Crippen LogP contribution in [0.15, 0.2) is 0 Å². The number of nitrogens with two attached hydrogens (primary N) is 1. The summed E-state index contributed by atoms with van der Waals surface area (Å²) in [5.41, 5.74) is 5.71. The van der Waals surface area contributed by atoms with Crippen LogP contribution >= 0.6 is 0 Å². The van der Waals surface area contributed by atoms with Crippen LogP contribution in [0.25, 0.3) is 0 Å². The van der Waals surface area contributed by atoms with E-state index in [4.69, 9.17) is 5.73 Å². The van der Waals surface area contributed by atoms with Crippen LogP contribution in [-0.2, 0) is 6.54 Å². The molecule has 1 saturated carbocycles. The number of anilines is 2. The van der Waals surface area contributed by atoms with Gasteiger partial charge in [-0.1, -0.05) is 33.1 Å². The molecule has 18 heavy (non-hydrogen) atoms. The predicted molar refractivity (Wildman–Crippen MR) is 76.5 cm³/mol. The van der Waals surface area contributed by atoms with Gasteiger partial charge in [0.2, 0.25) is 11.9 Å². The molecule has 5 nitrogen and oxygen atoms in total. The first-order chi connectivity index (χ1) is 8.79. The van der Waals surface area contributed by atoms with Crippen molar-refractivity contribution >= 4 is 11.9 Å². The number of hydrogen-bond acceptors (Lipinski definition) is 4. The van der Waals surface area contributed by atoms with Crippen molar-refractivity contribution in [2.24, 2.45) is 5.92 Å².